The monoisotopic (exact) mass is 362 g/mol. The molecule has 2 N–H and O–H groups in total. The molecule has 0 aliphatic heterocycles. The fourth-order valence-electron chi connectivity index (χ4n) is 3.02. The largest absolute Gasteiger partial charge is 0.467 e. The van der Waals surface area contributed by atoms with Gasteiger partial charge < -0.3 is 15.0 Å². The molecule has 0 fully saturated rings. The lowest BCUT2D eigenvalue weighted by molar-refractivity contribution is -0.144. The van der Waals surface area contributed by atoms with E-state index in [0.717, 1.165) is 27.6 Å². The number of methoxy groups -OCH3 is 1. The number of nitrogens with one attached hydrogen (secondary N) is 2. The number of fused-ring (bicyclic) bond motifs is 1. The molecule has 1 aromatic heterocycles. The number of esters is 1. The fourth-order valence-corrected chi connectivity index (χ4v) is 3.02. The first kappa shape index (κ1) is 18.5. The first-order valence-corrected chi connectivity index (χ1v) is 8.75. The van der Waals surface area contributed by atoms with Crippen molar-refractivity contribution in [2.75, 3.05) is 7.11 Å². The molecule has 0 aliphatic rings. The summed E-state index contributed by atoms with van der Waals surface area (Å²) in [4.78, 5) is 27.6. The highest BCUT2D eigenvalue weighted by Crippen LogP contribution is 2.19. The number of H-pyrrole nitrogens is 1. The lowest BCUT2D eigenvalue weighted by Gasteiger charge is -2.15. The third-order valence-electron chi connectivity index (χ3n) is 4.37. The highest BCUT2D eigenvalue weighted by Gasteiger charge is 2.22. The number of aromatic nitrogens is 1. The molecular formula is C22H22N2O3. The van der Waals surface area contributed by atoms with E-state index in [1.165, 1.54) is 13.2 Å². The zero-order valence-corrected chi connectivity index (χ0v) is 15.4. The Morgan fingerprint density at radius 3 is 2.78 bits per heavy atom. The first-order valence-electron chi connectivity index (χ1n) is 8.75. The average Bonchev–Trinajstić information content (AvgIpc) is 3.08. The Bertz CT molecular complexity index is 988. The molecule has 0 radical (unpaired) electrons. The minimum absolute atomic E-state index is 0.341. The standard InChI is InChI=1S/C22H22N2O3/c1-15-6-5-7-16(12-15)10-11-21(25)24-20(22(26)27-2)13-17-14-23-19-9-4-3-8-18(17)19/h3-12,14,20,23H,13H2,1-2H3,(H,24,25)/t20-/m0/s1. The SMILES string of the molecule is COC(=O)[C@H](Cc1c[nH]c2ccccc12)NC(=O)C=Cc1cccc(C)c1. The average molecular weight is 362 g/mol. The van der Waals surface area contributed by atoms with E-state index in [1.807, 2.05) is 61.7 Å². The number of para-hydroxylation sites is 1. The third-order valence-corrected chi connectivity index (χ3v) is 4.37. The highest BCUT2D eigenvalue weighted by molar-refractivity contribution is 5.95. The molecule has 1 heterocycles. The lowest BCUT2D eigenvalue weighted by Crippen LogP contribution is -2.42. The van der Waals surface area contributed by atoms with Crippen LogP contribution in [0.1, 0.15) is 16.7 Å². The number of hydrogen-bond donors (Lipinski definition) is 2. The molecule has 0 saturated carbocycles. The van der Waals surface area contributed by atoms with Gasteiger partial charge in [0.25, 0.3) is 0 Å². The van der Waals surface area contributed by atoms with Crippen LogP contribution >= 0.6 is 0 Å². The molecule has 0 aliphatic carbocycles. The van der Waals surface area contributed by atoms with Gasteiger partial charge in [-0.05, 0) is 30.2 Å². The summed E-state index contributed by atoms with van der Waals surface area (Å²) < 4.78 is 4.86. The van der Waals surface area contributed by atoms with Gasteiger partial charge in [0.1, 0.15) is 6.04 Å². The topological polar surface area (TPSA) is 71.2 Å². The van der Waals surface area contributed by atoms with Crippen molar-refractivity contribution in [1.82, 2.24) is 10.3 Å². The molecule has 0 saturated heterocycles. The predicted octanol–water partition coefficient (Wildman–Crippen LogP) is 3.39. The van der Waals surface area contributed by atoms with Crippen LogP contribution in [0.5, 0.6) is 0 Å². The van der Waals surface area contributed by atoms with E-state index in [1.54, 1.807) is 6.08 Å². The smallest absolute Gasteiger partial charge is 0.328 e. The second kappa shape index (κ2) is 8.36. The molecule has 27 heavy (non-hydrogen) atoms. The number of ether oxygens (including phenoxy) is 1. The molecule has 5 nitrogen and oxygen atoms in total. The van der Waals surface area contributed by atoms with Gasteiger partial charge in [0.15, 0.2) is 0 Å². The van der Waals surface area contributed by atoms with E-state index < -0.39 is 12.0 Å². The molecule has 0 unspecified atom stereocenters. The Morgan fingerprint density at radius 2 is 2.00 bits per heavy atom. The molecule has 138 valence electrons. The number of rotatable bonds is 6. The van der Waals surface area contributed by atoms with Gasteiger partial charge in [0.2, 0.25) is 5.91 Å². The molecule has 1 atom stereocenters. The van der Waals surface area contributed by atoms with Gasteiger partial charge in [-0.2, -0.15) is 0 Å². The van der Waals surface area contributed by atoms with Crippen molar-refractivity contribution in [2.45, 2.75) is 19.4 Å². The molecule has 5 heteroatoms. The maximum absolute atomic E-state index is 12.3. The number of carbonyl (C=O) groups excluding carboxylic acids is 2. The van der Waals surface area contributed by atoms with E-state index in [0.29, 0.717) is 6.42 Å². The summed E-state index contributed by atoms with van der Waals surface area (Å²) in [6, 6.07) is 14.9. The predicted molar refractivity (Wildman–Crippen MR) is 106 cm³/mol. The van der Waals surface area contributed by atoms with E-state index in [2.05, 4.69) is 10.3 Å². The second-order valence-electron chi connectivity index (χ2n) is 6.40. The van der Waals surface area contributed by atoms with Crippen molar-refractivity contribution >= 4 is 28.9 Å². The summed E-state index contributed by atoms with van der Waals surface area (Å²) >= 11 is 0. The van der Waals surface area contributed by atoms with Crippen LogP contribution in [0.25, 0.3) is 17.0 Å². The molecule has 0 bridgehead atoms. The number of hydrogen-bond acceptors (Lipinski definition) is 3. The van der Waals surface area contributed by atoms with Gasteiger partial charge in [-0.1, -0.05) is 48.0 Å². The Kier molecular flexibility index (Phi) is 5.71. The third kappa shape index (κ3) is 4.64. The van der Waals surface area contributed by atoms with Crippen LogP contribution < -0.4 is 5.32 Å². The van der Waals surface area contributed by atoms with Gasteiger partial charge in [-0.15, -0.1) is 0 Å². The molecule has 2 aromatic carbocycles. The molecule has 3 rings (SSSR count). The van der Waals surface area contributed by atoms with Crippen LogP contribution in [0, 0.1) is 6.92 Å². The van der Waals surface area contributed by atoms with Gasteiger partial charge >= 0.3 is 5.97 Å². The highest BCUT2D eigenvalue weighted by atomic mass is 16.5. The number of amides is 1. The lowest BCUT2D eigenvalue weighted by atomic mass is 10.0. The Labute approximate surface area is 158 Å². The van der Waals surface area contributed by atoms with Crippen LogP contribution in [0.15, 0.2) is 60.8 Å². The quantitative estimate of drug-likeness (QED) is 0.522. The maximum atomic E-state index is 12.3. The van der Waals surface area contributed by atoms with E-state index in [-0.39, 0.29) is 5.91 Å². The zero-order valence-electron chi connectivity index (χ0n) is 15.4. The van der Waals surface area contributed by atoms with Crippen molar-refractivity contribution in [3.63, 3.8) is 0 Å². The number of aromatic amines is 1. The maximum Gasteiger partial charge on any atom is 0.328 e. The van der Waals surface area contributed by atoms with Crippen molar-refractivity contribution < 1.29 is 14.3 Å². The van der Waals surface area contributed by atoms with Crippen molar-refractivity contribution in [2.24, 2.45) is 0 Å². The van der Waals surface area contributed by atoms with Crippen LogP contribution in [0.4, 0.5) is 0 Å². The molecule has 0 spiro atoms. The van der Waals surface area contributed by atoms with E-state index >= 15 is 0 Å². The minimum atomic E-state index is -0.760. The summed E-state index contributed by atoms with van der Waals surface area (Å²) in [5, 5.41) is 3.77. The number of carbonyl (C=O) groups is 2. The summed E-state index contributed by atoms with van der Waals surface area (Å²) in [6.45, 7) is 1.99. The van der Waals surface area contributed by atoms with Gasteiger partial charge in [0.05, 0.1) is 7.11 Å². The molecule has 1 amide bonds. The summed E-state index contributed by atoms with van der Waals surface area (Å²) in [5.74, 6) is -0.815. The fraction of sp³-hybridized carbons (Fsp3) is 0.182. The van der Waals surface area contributed by atoms with Crippen LogP contribution in [-0.4, -0.2) is 30.0 Å². The number of aryl methyl sites for hydroxylation is 1. The summed E-state index contributed by atoms with van der Waals surface area (Å²) in [6.07, 6.45) is 5.36. The minimum Gasteiger partial charge on any atom is -0.467 e. The number of benzene rings is 2. The summed E-state index contributed by atoms with van der Waals surface area (Å²) in [7, 11) is 1.32. The molecule has 3 aromatic rings. The van der Waals surface area contributed by atoms with Crippen LogP contribution in [0.2, 0.25) is 0 Å². The van der Waals surface area contributed by atoms with Crippen LogP contribution in [0.3, 0.4) is 0 Å². The molecular weight excluding hydrogens is 340 g/mol. The summed E-state index contributed by atoms with van der Waals surface area (Å²) in [5.41, 5.74) is 3.98. The Hall–Kier alpha value is -3.34. The van der Waals surface area contributed by atoms with Crippen molar-refractivity contribution in [3.05, 3.63) is 77.5 Å². The van der Waals surface area contributed by atoms with Crippen LogP contribution in [-0.2, 0) is 20.7 Å². The van der Waals surface area contributed by atoms with Crippen molar-refractivity contribution in [3.8, 4) is 0 Å². The van der Waals surface area contributed by atoms with Gasteiger partial charge in [0, 0.05) is 29.6 Å². The Morgan fingerprint density at radius 1 is 1.19 bits per heavy atom. The van der Waals surface area contributed by atoms with Crippen molar-refractivity contribution in [1.29, 1.82) is 0 Å². The second-order valence-corrected chi connectivity index (χ2v) is 6.40. The zero-order chi connectivity index (χ0) is 19.2. The Balaban J connectivity index is 1.73. The van der Waals surface area contributed by atoms with E-state index in [9.17, 15) is 9.59 Å². The first-order chi connectivity index (χ1) is 13.1. The normalized spacial score (nSPS) is 12.2. The van der Waals surface area contributed by atoms with E-state index in [4.69, 9.17) is 4.74 Å². The van der Waals surface area contributed by atoms with Gasteiger partial charge in [-0.3, -0.25) is 4.79 Å². The van der Waals surface area contributed by atoms with Gasteiger partial charge in [-0.25, -0.2) is 4.79 Å².